The summed E-state index contributed by atoms with van der Waals surface area (Å²) >= 11 is 5.78. The number of hydrogen-bond acceptors (Lipinski definition) is 3. The lowest BCUT2D eigenvalue weighted by atomic mass is 10.3. The van der Waals surface area contributed by atoms with Crippen molar-refractivity contribution in [3.05, 3.63) is 17.2 Å². The standard InChI is InChI=1S/C7H7ClN4/c8-3-1-5-6(2-4(3)9)12-7(10)11-5/h1-2H,9H2,(H3,10,11,12). The summed E-state index contributed by atoms with van der Waals surface area (Å²) in [5, 5.41) is 0.506. The Morgan fingerprint density at radius 1 is 1.33 bits per heavy atom. The molecular weight excluding hydrogens is 176 g/mol. The van der Waals surface area contributed by atoms with Crippen LogP contribution in [0.2, 0.25) is 5.02 Å². The van der Waals surface area contributed by atoms with Crippen LogP contribution >= 0.6 is 11.6 Å². The highest BCUT2D eigenvalue weighted by molar-refractivity contribution is 6.33. The smallest absolute Gasteiger partial charge is 0.198 e. The average Bonchev–Trinajstić information content (AvgIpc) is 2.30. The number of nitrogens with zero attached hydrogens (tertiary/aromatic N) is 1. The van der Waals surface area contributed by atoms with Gasteiger partial charge in [-0.1, -0.05) is 11.6 Å². The van der Waals surface area contributed by atoms with Crippen LogP contribution in [0.15, 0.2) is 12.1 Å². The number of hydrogen-bond donors (Lipinski definition) is 3. The molecule has 1 heterocycles. The molecule has 0 unspecified atom stereocenters. The molecular formula is C7H7ClN4. The van der Waals surface area contributed by atoms with Crippen molar-refractivity contribution in [2.45, 2.75) is 0 Å². The third-order valence-electron chi connectivity index (χ3n) is 1.62. The zero-order valence-electron chi connectivity index (χ0n) is 6.13. The Morgan fingerprint density at radius 2 is 2.08 bits per heavy atom. The van der Waals surface area contributed by atoms with Crippen LogP contribution in [-0.2, 0) is 0 Å². The summed E-state index contributed by atoms with van der Waals surface area (Å²) in [4.78, 5) is 6.85. The third-order valence-corrected chi connectivity index (χ3v) is 1.95. The van der Waals surface area contributed by atoms with Gasteiger partial charge in [0.25, 0.3) is 0 Å². The van der Waals surface area contributed by atoms with E-state index in [1.54, 1.807) is 12.1 Å². The summed E-state index contributed by atoms with van der Waals surface area (Å²) in [6.45, 7) is 0. The number of anilines is 2. The zero-order valence-corrected chi connectivity index (χ0v) is 6.89. The highest BCUT2D eigenvalue weighted by atomic mass is 35.5. The van der Waals surface area contributed by atoms with E-state index in [1.165, 1.54) is 0 Å². The lowest BCUT2D eigenvalue weighted by Crippen LogP contribution is -1.85. The van der Waals surface area contributed by atoms with E-state index >= 15 is 0 Å². The van der Waals surface area contributed by atoms with Crippen LogP contribution in [0, 0.1) is 0 Å². The fourth-order valence-corrected chi connectivity index (χ4v) is 1.23. The summed E-state index contributed by atoms with van der Waals surface area (Å²) in [6, 6.07) is 3.39. The molecule has 1 aromatic heterocycles. The molecule has 12 heavy (non-hydrogen) atoms. The SMILES string of the molecule is Nc1nc2cc(N)c(Cl)cc2[nH]1. The lowest BCUT2D eigenvalue weighted by Gasteiger charge is -1.95. The number of imidazole rings is 1. The Bertz CT molecular complexity index is 395. The minimum Gasteiger partial charge on any atom is -0.397 e. The van der Waals surface area contributed by atoms with Crippen molar-refractivity contribution in [2.75, 3.05) is 11.5 Å². The molecule has 5 N–H and O–H groups in total. The Hall–Kier alpha value is -1.42. The first-order chi connectivity index (χ1) is 5.66. The molecule has 0 bridgehead atoms. The number of aromatic nitrogens is 2. The number of H-pyrrole nitrogens is 1. The number of benzene rings is 1. The van der Waals surface area contributed by atoms with E-state index in [-0.39, 0.29) is 0 Å². The first-order valence-corrected chi connectivity index (χ1v) is 3.75. The second kappa shape index (κ2) is 2.28. The van der Waals surface area contributed by atoms with Crippen molar-refractivity contribution >= 4 is 34.3 Å². The third kappa shape index (κ3) is 0.967. The molecule has 4 nitrogen and oxygen atoms in total. The van der Waals surface area contributed by atoms with Crippen molar-refractivity contribution < 1.29 is 0 Å². The Balaban J connectivity index is 2.83. The van der Waals surface area contributed by atoms with Crippen molar-refractivity contribution in [2.24, 2.45) is 0 Å². The summed E-state index contributed by atoms with van der Waals surface area (Å²) in [7, 11) is 0. The number of rotatable bonds is 0. The maximum atomic E-state index is 5.78. The maximum absolute atomic E-state index is 5.78. The van der Waals surface area contributed by atoms with Gasteiger partial charge in [0.05, 0.1) is 21.7 Å². The molecule has 0 spiro atoms. The van der Waals surface area contributed by atoms with Gasteiger partial charge in [0, 0.05) is 0 Å². The molecule has 0 aliphatic heterocycles. The van der Waals surface area contributed by atoms with Crippen LogP contribution in [0.25, 0.3) is 11.0 Å². The van der Waals surface area contributed by atoms with Gasteiger partial charge >= 0.3 is 0 Å². The largest absolute Gasteiger partial charge is 0.397 e. The summed E-state index contributed by atoms with van der Waals surface area (Å²) in [6.07, 6.45) is 0. The molecule has 0 fully saturated rings. The van der Waals surface area contributed by atoms with Gasteiger partial charge in [-0.3, -0.25) is 0 Å². The number of aromatic amines is 1. The second-order valence-corrected chi connectivity index (χ2v) is 2.92. The fourth-order valence-electron chi connectivity index (χ4n) is 1.07. The quantitative estimate of drug-likeness (QED) is 0.539. The van der Waals surface area contributed by atoms with Crippen molar-refractivity contribution in [3.8, 4) is 0 Å². The van der Waals surface area contributed by atoms with E-state index in [0.717, 1.165) is 11.0 Å². The summed E-state index contributed by atoms with van der Waals surface area (Å²) in [5.74, 6) is 0.367. The van der Waals surface area contributed by atoms with E-state index in [1.807, 2.05) is 0 Å². The molecule has 0 radical (unpaired) electrons. The number of nitrogens with one attached hydrogen (secondary N) is 1. The first kappa shape index (κ1) is 7.24. The normalized spacial score (nSPS) is 10.8. The van der Waals surface area contributed by atoms with Crippen molar-refractivity contribution in [1.82, 2.24) is 9.97 Å². The molecule has 0 atom stereocenters. The van der Waals surface area contributed by atoms with Gasteiger partial charge in [0.2, 0.25) is 0 Å². The van der Waals surface area contributed by atoms with E-state index in [2.05, 4.69) is 9.97 Å². The van der Waals surface area contributed by atoms with Crippen LogP contribution < -0.4 is 11.5 Å². The van der Waals surface area contributed by atoms with Gasteiger partial charge < -0.3 is 16.5 Å². The molecule has 5 heteroatoms. The van der Waals surface area contributed by atoms with Gasteiger partial charge in [0.1, 0.15) is 0 Å². The van der Waals surface area contributed by atoms with Gasteiger partial charge in [0.15, 0.2) is 5.95 Å². The molecule has 2 aromatic rings. The Kier molecular flexibility index (Phi) is 1.38. The maximum Gasteiger partial charge on any atom is 0.198 e. The van der Waals surface area contributed by atoms with Crippen LogP contribution in [0.5, 0.6) is 0 Å². The van der Waals surface area contributed by atoms with Crippen LogP contribution in [0.4, 0.5) is 11.6 Å². The fraction of sp³-hybridized carbons (Fsp3) is 0. The van der Waals surface area contributed by atoms with Crippen molar-refractivity contribution in [3.63, 3.8) is 0 Å². The number of nitrogens with two attached hydrogens (primary N) is 2. The molecule has 0 aliphatic rings. The molecule has 0 aliphatic carbocycles. The van der Waals surface area contributed by atoms with Gasteiger partial charge in [-0.25, -0.2) is 4.98 Å². The highest BCUT2D eigenvalue weighted by Gasteiger charge is 2.03. The van der Waals surface area contributed by atoms with Gasteiger partial charge in [-0.15, -0.1) is 0 Å². The van der Waals surface area contributed by atoms with E-state index in [9.17, 15) is 0 Å². The average molecular weight is 183 g/mol. The van der Waals surface area contributed by atoms with E-state index in [0.29, 0.717) is 16.7 Å². The van der Waals surface area contributed by atoms with E-state index < -0.39 is 0 Å². The molecule has 62 valence electrons. The summed E-state index contributed by atoms with van der Waals surface area (Å²) < 4.78 is 0. The first-order valence-electron chi connectivity index (χ1n) is 3.37. The van der Waals surface area contributed by atoms with Crippen LogP contribution in [-0.4, -0.2) is 9.97 Å². The molecule has 1 aromatic carbocycles. The molecule has 0 saturated heterocycles. The van der Waals surface area contributed by atoms with Gasteiger partial charge in [-0.05, 0) is 12.1 Å². The predicted octanol–water partition coefficient (Wildman–Crippen LogP) is 1.38. The number of nitrogen functional groups attached to an aromatic ring is 2. The van der Waals surface area contributed by atoms with E-state index in [4.69, 9.17) is 23.1 Å². The molecule has 2 rings (SSSR count). The van der Waals surface area contributed by atoms with Gasteiger partial charge in [-0.2, -0.15) is 0 Å². The second-order valence-electron chi connectivity index (χ2n) is 2.51. The molecule has 0 amide bonds. The number of halogens is 1. The lowest BCUT2D eigenvalue weighted by molar-refractivity contribution is 1.35. The van der Waals surface area contributed by atoms with Crippen LogP contribution in [0.3, 0.4) is 0 Å². The number of fused-ring (bicyclic) bond motifs is 1. The van der Waals surface area contributed by atoms with Crippen LogP contribution in [0.1, 0.15) is 0 Å². The Morgan fingerprint density at radius 3 is 2.83 bits per heavy atom. The molecule has 0 saturated carbocycles. The topological polar surface area (TPSA) is 80.7 Å². The zero-order chi connectivity index (χ0) is 8.72. The minimum atomic E-state index is 0.367. The monoisotopic (exact) mass is 182 g/mol. The minimum absolute atomic E-state index is 0.367. The highest BCUT2D eigenvalue weighted by Crippen LogP contribution is 2.24. The van der Waals surface area contributed by atoms with Crippen molar-refractivity contribution in [1.29, 1.82) is 0 Å². The predicted molar refractivity (Wildman–Crippen MR) is 49.9 cm³/mol. The summed E-state index contributed by atoms with van der Waals surface area (Å²) in [5.41, 5.74) is 13.0. The Labute approximate surface area is 73.5 Å².